The van der Waals surface area contributed by atoms with Crippen molar-refractivity contribution >= 4 is 46.7 Å². The van der Waals surface area contributed by atoms with E-state index >= 15 is 0 Å². The van der Waals surface area contributed by atoms with E-state index in [2.05, 4.69) is 16.1 Å². The van der Waals surface area contributed by atoms with Gasteiger partial charge < -0.3 is 26.0 Å². The maximum Gasteiger partial charge on any atom is 0.287 e. The van der Waals surface area contributed by atoms with E-state index in [0.29, 0.717) is 17.1 Å². The van der Waals surface area contributed by atoms with E-state index in [9.17, 15) is 24.0 Å². The molecule has 3 heterocycles. The molecule has 4 amide bonds. The highest BCUT2D eigenvalue weighted by atomic mass is 35.5. The van der Waals surface area contributed by atoms with E-state index in [1.165, 1.54) is 4.90 Å². The van der Waals surface area contributed by atoms with E-state index in [0.717, 1.165) is 31.2 Å². The Bertz CT molecular complexity index is 1460. The van der Waals surface area contributed by atoms with Crippen LogP contribution in [-0.2, 0) is 33.5 Å². The molecule has 1 unspecified atom stereocenters. The highest BCUT2D eigenvalue weighted by Gasteiger charge is 2.54. The summed E-state index contributed by atoms with van der Waals surface area (Å²) in [6, 6.07) is 4.05. The van der Waals surface area contributed by atoms with Gasteiger partial charge in [-0.1, -0.05) is 57.3 Å². The summed E-state index contributed by atoms with van der Waals surface area (Å²) in [5.74, 6) is -2.97. The van der Waals surface area contributed by atoms with Gasteiger partial charge in [-0.15, -0.1) is 0 Å². The van der Waals surface area contributed by atoms with Gasteiger partial charge in [0.15, 0.2) is 0 Å². The average molecular weight is 686 g/mol. The molecule has 1 saturated carbocycles. The smallest absolute Gasteiger partial charge is 0.287 e. The zero-order chi connectivity index (χ0) is 35.0. The quantitative estimate of drug-likeness (QED) is 0.258. The Hall–Kier alpha value is -3.48. The van der Waals surface area contributed by atoms with E-state index < -0.39 is 52.6 Å². The van der Waals surface area contributed by atoms with Crippen LogP contribution in [0, 0.1) is 17.3 Å². The summed E-state index contributed by atoms with van der Waals surface area (Å²) in [4.78, 5) is 74.1. The maximum atomic E-state index is 14.5. The third-order valence-corrected chi connectivity index (χ3v) is 9.91. The number of carbonyl (C=O) groups excluding carboxylic acids is 5. The third-order valence-electron chi connectivity index (χ3n) is 9.68. The molecule has 0 radical (unpaired) electrons. The number of hydrogen-bond acceptors (Lipinski definition) is 8. The molecule has 5 N–H and O–H groups in total. The number of nitrogens with one attached hydrogen (secondary N) is 3. The predicted molar refractivity (Wildman–Crippen MR) is 179 cm³/mol. The van der Waals surface area contributed by atoms with Gasteiger partial charge in [-0.25, -0.2) is 0 Å². The number of likely N-dealkylation sites (tertiary alicyclic amines) is 1. The van der Waals surface area contributed by atoms with Crippen molar-refractivity contribution < 1.29 is 33.5 Å². The lowest BCUT2D eigenvalue weighted by atomic mass is 9.84. The molecular formula is C35H48ClN5O7. The molecule has 1 aromatic carbocycles. The molecule has 1 aliphatic carbocycles. The minimum atomic E-state index is -1.13. The van der Waals surface area contributed by atoms with Crippen LogP contribution >= 0.6 is 11.6 Å². The number of hydroxylamine groups is 1. The summed E-state index contributed by atoms with van der Waals surface area (Å²) >= 11 is 6.23. The van der Waals surface area contributed by atoms with Crippen LogP contribution in [-0.4, -0.2) is 76.8 Å². The van der Waals surface area contributed by atoms with Crippen molar-refractivity contribution in [2.24, 2.45) is 23.0 Å². The molecule has 0 aromatic heterocycles. The lowest BCUT2D eigenvalue weighted by Gasteiger charge is -2.36. The SMILES string of the molecule is C[C@@H]1CC(CC(=O)N[C@H](C(=O)N2C[C@@]3(C=C(c4cccc(Cl)c4)NO3)C[C@H]2C(=O)N[C@@H](CC2CC2)C(=O)C(N)=O)C(C)(C)C)C[C@H](C)O1. The van der Waals surface area contributed by atoms with Crippen molar-refractivity contribution in [2.45, 2.75) is 115 Å². The number of halogens is 1. The van der Waals surface area contributed by atoms with Crippen LogP contribution in [0.3, 0.4) is 0 Å². The number of primary amides is 1. The molecule has 1 spiro atoms. The number of hydrogen-bond donors (Lipinski definition) is 4. The van der Waals surface area contributed by atoms with Crippen LogP contribution in [0.2, 0.25) is 5.02 Å². The largest absolute Gasteiger partial charge is 0.376 e. The van der Waals surface area contributed by atoms with Crippen molar-refractivity contribution in [2.75, 3.05) is 6.54 Å². The number of Topliss-reactive ketones (excluding diaryl/α,β-unsaturated/α-hetero) is 1. The van der Waals surface area contributed by atoms with Gasteiger partial charge in [0.25, 0.3) is 5.91 Å². The van der Waals surface area contributed by atoms with Crippen molar-refractivity contribution in [1.82, 2.24) is 21.0 Å². The Morgan fingerprint density at radius 3 is 2.38 bits per heavy atom. The molecule has 13 heteroatoms. The van der Waals surface area contributed by atoms with Crippen LogP contribution in [0.25, 0.3) is 5.70 Å². The second-order valence-electron chi connectivity index (χ2n) is 15.2. The molecule has 4 aliphatic rings. The Morgan fingerprint density at radius 1 is 1.08 bits per heavy atom. The minimum Gasteiger partial charge on any atom is -0.376 e. The van der Waals surface area contributed by atoms with E-state index in [-0.39, 0.29) is 49.3 Å². The number of amides is 4. The minimum absolute atomic E-state index is 0.00448. The van der Waals surface area contributed by atoms with Gasteiger partial charge in [0.05, 0.1) is 30.5 Å². The number of nitrogens with two attached hydrogens (primary N) is 1. The Balaban J connectivity index is 1.41. The fourth-order valence-electron chi connectivity index (χ4n) is 7.19. The number of carbonyl (C=O) groups is 5. The first-order valence-electron chi connectivity index (χ1n) is 16.9. The van der Waals surface area contributed by atoms with Gasteiger partial charge in [0.2, 0.25) is 23.5 Å². The number of rotatable bonds is 11. The summed E-state index contributed by atoms with van der Waals surface area (Å²) in [6.45, 7) is 9.56. The van der Waals surface area contributed by atoms with E-state index in [1.807, 2.05) is 46.8 Å². The van der Waals surface area contributed by atoms with Gasteiger partial charge in [-0.3, -0.25) is 34.3 Å². The molecule has 7 atom stereocenters. The number of nitrogens with zero attached hydrogens (tertiary/aromatic N) is 1. The lowest BCUT2D eigenvalue weighted by Crippen LogP contribution is -2.59. The zero-order valence-corrected chi connectivity index (χ0v) is 29.1. The monoisotopic (exact) mass is 685 g/mol. The topological polar surface area (TPSA) is 169 Å². The van der Waals surface area contributed by atoms with Gasteiger partial charge in [0.1, 0.15) is 17.7 Å². The number of ether oxygens (including phenoxy) is 1. The van der Waals surface area contributed by atoms with Crippen molar-refractivity contribution in [3.8, 4) is 0 Å². The second kappa shape index (κ2) is 14.2. The summed E-state index contributed by atoms with van der Waals surface area (Å²) in [6.07, 6.45) is 5.81. The first-order valence-corrected chi connectivity index (χ1v) is 17.2. The van der Waals surface area contributed by atoms with Crippen molar-refractivity contribution in [1.29, 1.82) is 0 Å². The standard InChI is InChI=1S/C35H48ClN5O7/c1-19-11-22(12-20(2)47-19)14-28(42)39-30(34(3,4)5)33(46)41-18-35(16-26(40-48-35)23-7-6-8-24(36)15-23)17-27(41)32(45)38-25(13-21-9-10-21)29(43)31(37)44/h6-8,15-16,19-22,25,27,30,40H,9-14,17-18H2,1-5H3,(H2,37,44)(H,38,45)(H,39,42)/t19-,20+,22?,25-,27-,30+,35+/m0/s1. The second-order valence-corrected chi connectivity index (χ2v) is 15.6. The predicted octanol–water partition coefficient (Wildman–Crippen LogP) is 3.02. The average Bonchev–Trinajstić information content (AvgIpc) is 3.59. The highest BCUT2D eigenvalue weighted by Crippen LogP contribution is 2.40. The van der Waals surface area contributed by atoms with Crippen LogP contribution in [0.5, 0.6) is 0 Å². The summed E-state index contributed by atoms with van der Waals surface area (Å²) in [7, 11) is 0. The zero-order valence-electron chi connectivity index (χ0n) is 28.3. The van der Waals surface area contributed by atoms with Crippen LogP contribution in [0.1, 0.15) is 85.1 Å². The molecule has 5 rings (SSSR count). The fraction of sp³-hybridized carbons (Fsp3) is 0.629. The first-order chi connectivity index (χ1) is 22.5. The Labute approximate surface area is 286 Å². The van der Waals surface area contributed by atoms with Gasteiger partial charge in [-0.2, -0.15) is 0 Å². The molecule has 3 aliphatic heterocycles. The van der Waals surface area contributed by atoms with E-state index in [4.69, 9.17) is 26.9 Å². The van der Waals surface area contributed by atoms with Gasteiger partial charge in [0, 0.05) is 23.4 Å². The van der Waals surface area contributed by atoms with Crippen molar-refractivity contribution in [3.63, 3.8) is 0 Å². The molecule has 12 nitrogen and oxygen atoms in total. The molecule has 0 bridgehead atoms. The van der Waals surface area contributed by atoms with Crippen LogP contribution < -0.4 is 21.8 Å². The number of benzene rings is 1. The maximum absolute atomic E-state index is 14.5. The summed E-state index contributed by atoms with van der Waals surface area (Å²) in [5, 5.41) is 6.26. The fourth-order valence-corrected chi connectivity index (χ4v) is 7.38. The van der Waals surface area contributed by atoms with Crippen molar-refractivity contribution in [3.05, 3.63) is 40.9 Å². The van der Waals surface area contributed by atoms with Gasteiger partial charge in [-0.05, 0) is 68.6 Å². The molecule has 2 saturated heterocycles. The molecular weight excluding hydrogens is 638 g/mol. The van der Waals surface area contributed by atoms with Crippen LogP contribution in [0.4, 0.5) is 0 Å². The molecule has 262 valence electrons. The lowest BCUT2D eigenvalue weighted by molar-refractivity contribution is -0.145. The normalized spacial score (nSPS) is 28.3. The van der Waals surface area contributed by atoms with E-state index in [1.54, 1.807) is 18.2 Å². The van der Waals surface area contributed by atoms with Gasteiger partial charge >= 0.3 is 0 Å². The summed E-state index contributed by atoms with van der Waals surface area (Å²) < 4.78 is 5.84. The Kier molecular flexibility index (Phi) is 10.6. The third kappa shape index (κ3) is 8.56. The highest BCUT2D eigenvalue weighted by molar-refractivity contribution is 6.37. The Morgan fingerprint density at radius 2 is 1.77 bits per heavy atom. The molecule has 1 aromatic rings. The molecule has 3 fully saturated rings. The number of ketones is 1. The summed E-state index contributed by atoms with van der Waals surface area (Å²) in [5.41, 5.74) is 7.85. The van der Waals surface area contributed by atoms with Crippen LogP contribution in [0.15, 0.2) is 30.3 Å². The first kappa shape index (κ1) is 35.8. The molecule has 48 heavy (non-hydrogen) atoms.